The van der Waals surface area contributed by atoms with Gasteiger partial charge in [0, 0.05) is 24.4 Å². The number of rotatable bonds is 3. The Morgan fingerprint density at radius 1 is 1.38 bits per heavy atom. The zero-order valence-corrected chi connectivity index (χ0v) is 12.5. The Morgan fingerprint density at radius 2 is 2.10 bits per heavy atom. The topological polar surface area (TPSA) is 57.8 Å². The molecule has 5 heteroatoms. The molecule has 0 aliphatic carbocycles. The third kappa shape index (κ3) is 2.78. The number of carboxylic acid groups (broad SMARTS) is 1. The molecule has 0 unspecified atom stereocenters. The summed E-state index contributed by atoms with van der Waals surface area (Å²) in [6, 6.07) is 3.85. The lowest BCUT2D eigenvalue weighted by atomic mass is 9.93. The third-order valence-electron chi connectivity index (χ3n) is 4.40. The molecule has 1 saturated heterocycles. The van der Waals surface area contributed by atoms with Gasteiger partial charge in [-0.2, -0.15) is 0 Å². The predicted octanol–water partition coefficient (Wildman–Crippen LogP) is 2.62. The Hall–Kier alpha value is -1.88. The van der Waals surface area contributed by atoms with Crippen LogP contribution in [0.1, 0.15) is 48.7 Å². The van der Waals surface area contributed by atoms with Crippen LogP contribution in [0.25, 0.3) is 5.65 Å². The van der Waals surface area contributed by atoms with Crippen molar-refractivity contribution in [3.8, 4) is 0 Å². The van der Waals surface area contributed by atoms with Crippen molar-refractivity contribution >= 4 is 11.6 Å². The van der Waals surface area contributed by atoms with Crippen molar-refractivity contribution in [1.82, 2.24) is 14.3 Å². The van der Waals surface area contributed by atoms with Crippen molar-refractivity contribution in [2.45, 2.75) is 38.6 Å². The molecule has 0 aromatic carbocycles. The quantitative estimate of drug-likeness (QED) is 0.942. The van der Waals surface area contributed by atoms with E-state index < -0.39 is 5.97 Å². The second-order valence-electron chi connectivity index (χ2n) is 6.06. The molecule has 0 spiro atoms. The number of aromatic carboxylic acids is 1. The van der Waals surface area contributed by atoms with E-state index in [9.17, 15) is 4.79 Å². The lowest BCUT2D eigenvalue weighted by Crippen LogP contribution is -2.37. The van der Waals surface area contributed by atoms with Crippen LogP contribution in [-0.4, -0.2) is 44.5 Å². The number of piperidine rings is 1. The average molecular weight is 287 g/mol. The first-order valence-electron chi connectivity index (χ1n) is 7.50. The largest absolute Gasteiger partial charge is 0.478 e. The maximum atomic E-state index is 11.0. The molecule has 0 radical (unpaired) electrons. The van der Waals surface area contributed by atoms with Crippen LogP contribution >= 0.6 is 0 Å². The van der Waals surface area contributed by atoms with Crippen LogP contribution in [0.4, 0.5) is 0 Å². The van der Waals surface area contributed by atoms with Crippen molar-refractivity contribution in [1.29, 1.82) is 0 Å². The summed E-state index contributed by atoms with van der Waals surface area (Å²) in [6.45, 7) is 6.69. The van der Waals surface area contributed by atoms with Gasteiger partial charge >= 0.3 is 5.97 Å². The summed E-state index contributed by atoms with van der Waals surface area (Å²) in [7, 11) is 0. The first kappa shape index (κ1) is 14.1. The SMILES string of the molecule is CC(C)N1CCC(c2cn3ccc(C(=O)O)cc3n2)CC1. The van der Waals surface area contributed by atoms with Crippen molar-refractivity contribution < 1.29 is 9.90 Å². The number of hydrogen-bond donors (Lipinski definition) is 1. The van der Waals surface area contributed by atoms with Gasteiger partial charge in [-0.1, -0.05) is 0 Å². The van der Waals surface area contributed by atoms with Gasteiger partial charge in [0.25, 0.3) is 0 Å². The first-order valence-corrected chi connectivity index (χ1v) is 7.50. The lowest BCUT2D eigenvalue weighted by molar-refractivity contribution is 0.0697. The molecule has 1 aliphatic heterocycles. The number of likely N-dealkylation sites (tertiary alicyclic amines) is 1. The van der Waals surface area contributed by atoms with E-state index in [1.165, 1.54) is 0 Å². The van der Waals surface area contributed by atoms with Crippen LogP contribution in [-0.2, 0) is 0 Å². The van der Waals surface area contributed by atoms with E-state index in [0.29, 0.717) is 12.0 Å². The highest BCUT2D eigenvalue weighted by atomic mass is 16.4. The number of fused-ring (bicyclic) bond motifs is 1. The van der Waals surface area contributed by atoms with Crippen molar-refractivity contribution in [3.05, 3.63) is 35.8 Å². The molecule has 2 aromatic rings. The number of imidazole rings is 1. The van der Waals surface area contributed by atoms with Crippen molar-refractivity contribution in [3.63, 3.8) is 0 Å². The van der Waals surface area contributed by atoms with Crippen LogP contribution in [0.3, 0.4) is 0 Å². The highest BCUT2D eigenvalue weighted by Crippen LogP contribution is 2.28. The number of hydrogen-bond acceptors (Lipinski definition) is 3. The number of carbonyl (C=O) groups is 1. The van der Waals surface area contributed by atoms with E-state index in [0.717, 1.165) is 37.3 Å². The monoisotopic (exact) mass is 287 g/mol. The van der Waals surface area contributed by atoms with E-state index in [-0.39, 0.29) is 5.56 Å². The summed E-state index contributed by atoms with van der Waals surface area (Å²) in [6.07, 6.45) is 6.05. The molecule has 0 bridgehead atoms. The minimum absolute atomic E-state index is 0.286. The van der Waals surface area contributed by atoms with E-state index in [2.05, 4.69) is 23.7 Å². The molecule has 2 aromatic heterocycles. The Kier molecular flexibility index (Phi) is 3.68. The number of pyridine rings is 1. The summed E-state index contributed by atoms with van der Waals surface area (Å²) in [5, 5.41) is 9.04. The molecule has 3 heterocycles. The van der Waals surface area contributed by atoms with E-state index in [1.807, 2.05) is 10.6 Å². The molecule has 1 aliphatic rings. The third-order valence-corrected chi connectivity index (χ3v) is 4.40. The van der Waals surface area contributed by atoms with Gasteiger partial charge in [0.15, 0.2) is 0 Å². The van der Waals surface area contributed by atoms with Crippen LogP contribution in [0.2, 0.25) is 0 Å². The molecular formula is C16H21N3O2. The van der Waals surface area contributed by atoms with Gasteiger partial charge < -0.3 is 14.4 Å². The minimum atomic E-state index is -0.910. The molecule has 0 saturated carbocycles. The number of aromatic nitrogens is 2. The predicted molar refractivity (Wildman–Crippen MR) is 80.8 cm³/mol. The van der Waals surface area contributed by atoms with Crippen molar-refractivity contribution in [2.75, 3.05) is 13.1 Å². The fraction of sp³-hybridized carbons (Fsp3) is 0.500. The van der Waals surface area contributed by atoms with E-state index in [4.69, 9.17) is 5.11 Å². The van der Waals surface area contributed by atoms with Gasteiger partial charge in [0.05, 0.1) is 11.3 Å². The first-order chi connectivity index (χ1) is 10.0. The van der Waals surface area contributed by atoms with Gasteiger partial charge in [0.2, 0.25) is 0 Å². The summed E-state index contributed by atoms with van der Waals surface area (Å²) >= 11 is 0. The zero-order chi connectivity index (χ0) is 15.0. The van der Waals surface area contributed by atoms with Crippen LogP contribution in [0, 0.1) is 0 Å². The highest BCUT2D eigenvalue weighted by molar-refractivity contribution is 5.88. The van der Waals surface area contributed by atoms with E-state index >= 15 is 0 Å². The summed E-state index contributed by atoms with van der Waals surface area (Å²) in [5.74, 6) is -0.430. The standard InChI is InChI=1S/C16H21N3O2/c1-11(2)18-6-3-12(4-7-18)14-10-19-8-5-13(16(20)21)9-15(19)17-14/h5,8-12H,3-4,6-7H2,1-2H3,(H,20,21). The van der Waals surface area contributed by atoms with Crippen LogP contribution in [0.5, 0.6) is 0 Å². The van der Waals surface area contributed by atoms with Crippen LogP contribution in [0.15, 0.2) is 24.5 Å². The van der Waals surface area contributed by atoms with Gasteiger partial charge in [0.1, 0.15) is 5.65 Å². The fourth-order valence-corrected chi connectivity index (χ4v) is 3.04. The average Bonchev–Trinajstić information content (AvgIpc) is 2.90. The molecule has 1 N–H and O–H groups in total. The molecule has 0 amide bonds. The van der Waals surface area contributed by atoms with Crippen LogP contribution < -0.4 is 0 Å². The molecule has 3 rings (SSSR count). The normalized spacial score (nSPS) is 17.7. The van der Waals surface area contributed by atoms with Crippen molar-refractivity contribution in [2.24, 2.45) is 0 Å². The van der Waals surface area contributed by atoms with Gasteiger partial charge in [-0.3, -0.25) is 0 Å². The maximum absolute atomic E-state index is 11.0. The molecule has 0 atom stereocenters. The molecular weight excluding hydrogens is 266 g/mol. The Labute approximate surface area is 124 Å². The Balaban J connectivity index is 1.80. The second kappa shape index (κ2) is 5.48. The molecule has 21 heavy (non-hydrogen) atoms. The summed E-state index contributed by atoms with van der Waals surface area (Å²) < 4.78 is 1.91. The maximum Gasteiger partial charge on any atom is 0.335 e. The summed E-state index contributed by atoms with van der Waals surface area (Å²) in [5.41, 5.74) is 2.09. The second-order valence-corrected chi connectivity index (χ2v) is 6.06. The molecule has 5 nitrogen and oxygen atoms in total. The summed E-state index contributed by atoms with van der Waals surface area (Å²) in [4.78, 5) is 18.1. The highest BCUT2D eigenvalue weighted by Gasteiger charge is 2.23. The lowest BCUT2D eigenvalue weighted by Gasteiger charge is -2.33. The van der Waals surface area contributed by atoms with E-state index in [1.54, 1.807) is 18.3 Å². The molecule has 112 valence electrons. The number of carboxylic acids is 1. The van der Waals surface area contributed by atoms with Gasteiger partial charge in [-0.25, -0.2) is 9.78 Å². The number of nitrogens with zero attached hydrogens (tertiary/aromatic N) is 3. The van der Waals surface area contributed by atoms with Gasteiger partial charge in [-0.05, 0) is 51.9 Å². The molecule has 1 fully saturated rings. The minimum Gasteiger partial charge on any atom is -0.478 e. The smallest absolute Gasteiger partial charge is 0.335 e. The Morgan fingerprint density at radius 3 is 2.71 bits per heavy atom. The zero-order valence-electron chi connectivity index (χ0n) is 12.5. The van der Waals surface area contributed by atoms with Gasteiger partial charge in [-0.15, -0.1) is 0 Å². The fourth-order valence-electron chi connectivity index (χ4n) is 3.04. The Bertz CT molecular complexity index is 655.